The Bertz CT molecular complexity index is 828. The average molecular weight is 326 g/mol. The average Bonchev–Trinajstić information content (AvgIpc) is 3.09. The Labute approximate surface area is 127 Å². The van der Waals surface area contributed by atoms with Gasteiger partial charge in [0.15, 0.2) is 5.76 Å². The van der Waals surface area contributed by atoms with E-state index in [-0.39, 0.29) is 17.5 Å². The van der Waals surface area contributed by atoms with Crippen molar-refractivity contribution in [3.05, 3.63) is 50.5 Å². The molecule has 0 atom stereocenters. The van der Waals surface area contributed by atoms with Gasteiger partial charge in [0.05, 0.1) is 16.7 Å². The van der Waals surface area contributed by atoms with Crippen LogP contribution in [0.25, 0.3) is 23.0 Å². The van der Waals surface area contributed by atoms with E-state index in [9.17, 15) is 10.1 Å². The molecule has 0 bridgehead atoms. The second-order valence-corrected chi connectivity index (χ2v) is 4.79. The van der Waals surface area contributed by atoms with E-state index in [1.807, 2.05) is 0 Å². The first kappa shape index (κ1) is 13.6. The smallest absolute Gasteiger partial charge is 0.397 e. The molecule has 0 fully saturated rings. The Morgan fingerprint density at radius 1 is 1.19 bits per heavy atom. The van der Waals surface area contributed by atoms with E-state index in [0.29, 0.717) is 15.6 Å². The zero-order chi connectivity index (χ0) is 15.0. The summed E-state index contributed by atoms with van der Waals surface area (Å²) in [6.07, 6.45) is 0. The van der Waals surface area contributed by atoms with Crippen LogP contribution < -0.4 is 0 Å². The molecule has 0 aliphatic rings. The second-order valence-electron chi connectivity index (χ2n) is 3.94. The third-order valence-electron chi connectivity index (χ3n) is 2.58. The van der Waals surface area contributed by atoms with Gasteiger partial charge in [-0.05, 0) is 24.3 Å². The van der Waals surface area contributed by atoms with Crippen LogP contribution in [0, 0.1) is 10.1 Å². The van der Waals surface area contributed by atoms with Crippen LogP contribution in [0.15, 0.2) is 39.3 Å². The van der Waals surface area contributed by atoms with Gasteiger partial charge in [-0.2, -0.15) is 4.98 Å². The van der Waals surface area contributed by atoms with Crippen LogP contribution in [0.2, 0.25) is 10.0 Å². The topological polar surface area (TPSA) is 95.2 Å². The standard InChI is InChI=1S/C12H5Cl2N3O4/c13-6-1-2-8(14)7(5-6)12-15-11(16-21-12)9-3-4-10(20-9)17(18)19/h1-5H. The van der Waals surface area contributed by atoms with Crippen LogP contribution in [0.4, 0.5) is 5.88 Å². The Morgan fingerprint density at radius 2 is 2.00 bits per heavy atom. The number of nitrogens with zero attached hydrogens (tertiary/aromatic N) is 3. The van der Waals surface area contributed by atoms with Crippen LogP contribution in [0.1, 0.15) is 0 Å². The number of halogens is 2. The molecule has 2 aromatic heterocycles. The minimum Gasteiger partial charge on any atom is -0.397 e. The van der Waals surface area contributed by atoms with Crippen molar-refractivity contribution in [3.8, 4) is 23.0 Å². The number of nitro groups is 1. The van der Waals surface area contributed by atoms with E-state index < -0.39 is 10.8 Å². The molecule has 0 saturated heterocycles. The van der Waals surface area contributed by atoms with E-state index in [4.69, 9.17) is 32.1 Å². The molecule has 0 spiro atoms. The van der Waals surface area contributed by atoms with Crippen LogP contribution in [0.3, 0.4) is 0 Å². The number of hydrogen-bond acceptors (Lipinski definition) is 6. The number of rotatable bonds is 3. The fraction of sp³-hybridized carbons (Fsp3) is 0. The minimum atomic E-state index is -0.654. The molecule has 0 amide bonds. The first-order valence-electron chi connectivity index (χ1n) is 5.58. The van der Waals surface area contributed by atoms with E-state index in [1.54, 1.807) is 18.2 Å². The zero-order valence-corrected chi connectivity index (χ0v) is 11.6. The number of benzene rings is 1. The molecular weight excluding hydrogens is 321 g/mol. The van der Waals surface area contributed by atoms with Gasteiger partial charge < -0.3 is 8.94 Å². The van der Waals surface area contributed by atoms with Crippen LogP contribution in [0.5, 0.6) is 0 Å². The summed E-state index contributed by atoms with van der Waals surface area (Å²) in [6.45, 7) is 0. The summed E-state index contributed by atoms with van der Waals surface area (Å²) in [7, 11) is 0. The number of aromatic nitrogens is 2. The summed E-state index contributed by atoms with van der Waals surface area (Å²) >= 11 is 11.9. The highest BCUT2D eigenvalue weighted by atomic mass is 35.5. The highest BCUT2D eigenvalue weighted by molar-refractivity contribution is 6.35. The van der Waals surface area contributed by atoms with E-state index in [2.05, 4.69) is 10.1 Å². The maximum atomic E-state index is 10.6. The van der Waals surface area contributed by atoms with Crippen molar-refractivity contribution in [2.24, 2.45) is 0 Å². The lowest BCUT2D eigenvalue weighted by Crippen LogP contribution is -1.83. The summed E-state index contributed by atoms with van der Waals surface area (Å²) in [5.41, 5.74) is 0.462. The van der Waals surface area contributed by atoms with E-state index in [0.717, 1.165) is 0 Å². The molecule has 21 heavy (non-hydrogen) atoms. The van der Waals surface area contributed by atoms with Gasteiger partial charge in [0.1, 0.15) is 4.92 Å². The molecule has 0 radical (unpaired) electrons. The quantitative estimate of drug-likeness (QED) is 0.528. The van der Waals surface area contributed by atoms with Crippen molar-refractivity contribution in [1.29, 1.82) is 0 Å². The van der Waals surface area contributed by atoms with Gasteiger partial charge >= 0.3 is 5.88 Å². The summed E-state index contributed by atoms with van der Waals surface area (Å²) in [5.74, 6) is -0.0716. The van der Waals surface area contributed by atoms with Gasteiger partial charge in [0.2, 0.25) is 5.82 Å². The normalized spacial score (nSPS) is 10.8. The summed E-state index contributed by atoms with van der Waals surface area (Å²) in [6, 6.07) is 7.39. The SMILES string of the molecule is O=[N+]([O-])c1ccc(-c2noc(-c3cc(Cl)ccc3Cl)n2)o1. The molecule has 3 rings (SSSR count). The Kier molecular flexibility index (Phi) is 3.36. The lowest BCUT2D eigenvalue weighted by molar-refractivity contribution is -0.401. The van der Waals surface area contributed by atoms with E-state index in [1.165, 1.54) is 12.1 Å². The van der Waals surface area contributed by atoms with Crippen LogP contribution in [-0.2, 0) is 0 Å². The molecule has 2 heterocycles. The largest absolute Gasteiger partial charge is 0.433 e. The predicted octanol–water partition coefficient (Wildman–Crippen LogP) is 4.21. The van der Waals surface area contributed by atoms with Gasteiger partial charge in [0, 0.05) is 5.02 Å². The minimum absolute atomic E-state index is 0.0779. The third-order valence-corrected chi connectivity index (χ3v) is 3.14. The highest BCUT2D eigenvalue weighted by Crippen LogP contribution is 2.31. The summed E-state index contributed by atoms with van der Waals surface area (Å²) in [4.78, 5) is 14.0. The lowest BCUT2D eigenvalue weighted by Gasteiger charge is -1.98. The predicted molar refractivity (Wildman–Crippen MR) is 74.1 cm³/mol. The highest BCUT2D eigenvalue weighted by Gasteiger charge is 2.19. The molecule has 3 aromatic rings. The Morgan fingerprint density at radius 3 is 2.71 bits per heavy atom. The molecule has 0 aliphatic carbocycles. The van der Waals surface area contributed by atoms with Crippen LogP contribution in [-0.4, -0.2) is 15.1 Å². The first-order chi connectivity index (χ1) is 10.0. The summed E-state index contributed by atoms with van der Waals surface area (Å²) < 4.78 is 10.1. The molecule has 0 unspecified atom stereocenters. The van der Waals surface area contributed by atoms with E-state index >= 15 is 0 Å². The molecule has 7 nitrogen and oxygen atoms in total. The van der Waals surface area contributed by atoms with Crippen molar-refractivity contribution in [2.75, 3.05) is 0 Å². The van der Waals surface area contributed by atoms with Gasteiger partial charge in [-0.15, -0.1) is 0 Å². The molecule has 0 saturated carbocycles. The van der Waals surface area contributed by atoms with Gasteiger partial charge in [-0.25, -0.2) is 0 Å². The van der Waals surface area contributed by atoms with Gasteiger partial charge in [0.25, 0.3) is 5.89 Å². The lowest BCUT2D eigenvalue weighted by atomic mass is 10.2. The molecule has 0 N–H and O–H groups in total. The van der Waals surface area contributed by atoms with Crippen molar-refractivity contribution >= 4 is 29.1 Å². The summed E-state index contributed by atoms with van der Waals surface area (Å²) in [5, 5.41) is 15.1. The third kappa shape index (κ3) is 2.61. The molecule has 0 aliphatic heterocycles. The van der Waals surface area contributed by atoms with Crippen molar-refractivity contribution in [2.45, 2.75) is 0 Å². The Balaban J connectivity index is 1.99. The molecule has 1 aromatic carbocycles. The number of hydrogen-bond donors (Lipinski definition) is 0. The first-order valence-corrected chi connectivity index (χ1v) is 6.34. The molecular formula is C12H5Cl2N3O4. The molecule has 106 valence electrons. The fourth-order valence-corrected chi connectivity index (χ4v) is 2.01. The maximum Gasteiger partial charge on any atom is 0.433 e. The second kappa shape index (κ2) is 5.19. The van der Waals surface area contributed by atoms with Crippen molar-refractivity contribution < 1.29 is 13.9 Å². The van der Waals surface area contributed by atoms with Crippen molar-refractivity contribution in [3.63, 3.8) is 0 Å². The van der Waals surface area contributed by atoms with Gasteiger partial charge in [-0.3, -0.25) is 10.1 Å². The van der Waals surface area contributed by atoms with Gasteiger partial charge in [-0.1, -0.05) is 28.4 Å². The Hall–Kier alpha value is -2.38. The monoisotopic (exact) mass is 325 g/mol. The maximum absolute atomic E-state index is 10.6. The fourth-order valence-electron chi connectivity index (χ4n) is 1.64. The van der Waals surface area contributed by atoms with Crippen LogP contribution >= 0.6 is 23.2 Å². The number of furan rings is 1. The zero-order valence-electron chi connectivity index (χ0n) is 10.1. The molecule has 9 heteroatoms. The van der Waals surface area contributed by atoms with Crippen molar-refractivity contribution in [1.82, 2.24) is 10.1 Å².